The van der Waals surface area contributed by atoms with E-state index in [-0.39, 0.29) is 40.0 Å². The number of aldehydes is 1. The number of carbonyl (C=O) groups is 2. The van der Waals surface area contributed by atoms with Gasteiger partial charge in [-0.15, -0.1) is 5.11 Å². The van der Waals surface area contributed by atoms with E-state index in [0.717, 1.165) is 32.1 Å². The summed E-state index contributed by atoms with van der Waals surface area (Å²) in [6.45, 7) is 0. The normalized spacial score (nSPS) is 14.3. The molecule has 0 saturated heterocycles. The van der Waals surface area contributed by atoms with Gasteiger partial charge in [0, 0.05) is 31.3 Å². The van der Waals surface area contributed by atoms with Crippen LogP contribution in [0.3, 0.4) is 0 Å². The van der Waals surface area contributed by atoms with Crippen molar-refractivity contribution in [3.05, 3.63) is 65.9 Å². The van der Waals surface area contributed by atoms with Crippen molar-refractivity contribution < 1.29 is 28.2 Å². The molecule has 1 heterocycles. The molecule has 0 radical (unpaired) electrons. The Morgan fingerprint density at radius 3 is 2.46 bits per heavy atom. The number of hydrogen-bond donors (Lipinski definition) is 3. The molecule has 3 N–H and O–H groups in total. The summed E-state index contributed by atoms with van der Waals surface area (Å²) in [7, 11) is -2.04. The molecular weight excluding hydrogens is 522 g/mol. The van der Waals surface area contributed by atoms with E-state index in [1.54, 1.807) is 12.1 Å². The second-order valence-corrected chi connectivity index (χ2v) is 10.9. The number of carboxylic acids is 1. The molecule has 0 aliphatic heterocycles. The summed E-state index contributed by atoms with van der Waals surface area (Å²) in [5.41, 5.74) is 0.736. The largest absolute Gasteiger partial charge is 0.507 e. The van der Waals surface area contributed by atoms with Gasteiger partial charge >= 0.3 is 5.97 Å². The Morgan fingerprint density at radius 1 is 1.13 bits per heavy atom. The van der Waals surface area contributed by atoms with Crippen LogP contribution in [0.15, 0.2) is 69.9 Å². The van der Waals surface area contributed by atoms with Crippen molar-refractivity contribution in [2.24, 2.45) is 10.2 Å². The zero-order valence-corrected chi connectivity index (χ0v) is 22.1. The number of nitrogens with one attached hydrogen (secondary N) is 1. The van der Waals surface area contributed by atoms with Gasteiger partial charge in [0.05, 0.1) is 16.3 Å². The number of carbonyl (C=O) groups excluding carboxylic acids is 1. The lowest BCUT2D eigenvalue weighted by molar-refractivity contribution is -0.107. The third-order valence-electron chi connectivity index (χ3n) is 6.67. The number of aromatic nitrogens is 1. The Morgan fingerprint density at radius 2 is 1.85 bits per heavy atom. The summed E-state index contributed by atoms with van der Waals surface area (Å²) in [5.74, 6) is -1.65. The number of sulfonamides is 1. The molecule has 1 aromatic heterocycles. The van der Waals surface area contributed by atoms with Crippen molar-refractivity contribution in [3.63, 3.8) is 0 Å². The van der Waals surface area contributed by atoms with Crippen molar-refractivity contribution in [1.82, 2.24) is 4.98 Å². The van der Waals surface area contributed by atoms with Crippen molar-refractivity contribution in [3.8, 4) is 5.75 Å². The highest BCUT2D eigenvalue weighted by Gasteiger charge is 2.27. The first-order chi connectivity index (χ1) is 18.7. The molecule has 204 valence electrons. The Balaban J connectivity index is 1.69. The molecule has 1 aliphatic carbocycles. The average Bonchev–Trinajstić information content (AvgIpc) is 2.94. The fraction of sp³-hybridized carbons (Fsp3) is 0.296. The van der Waals surface area contributed by atoms with Gasteiger partial charge in [-0.25, -0.2) is 18.2 Å². The molecule has 0 spiro atoms. The molecule has 0 amide bonds. The number of rotatable bonds is 10. The first kappa shape index (κ1) is 27.7. The molecule has 3 aromatic rings. The van der Waals surface area contributed by atoms with Crippen LogP contribution in [-0.2, 0) is 21.2 Å². The lowest BCUT2D eigenvalue weighted by Crippen LogP contribution is -2.34. The van der Waals surface area contributed by atoms with E-state index in [1.807, 2.05) is 11.9 Å². The lowest BCUT2D eigenvalue weighted by Gasteiger charge is -2.35. The number of aromatic carboxylic acids is 1. The summed E-state index contributed by atoms with van der Waals surface area (Å²) >= 11 is 0. The number of pyridine rings is 1. The van der Waals surface area contributed by atoms with Crippen LogP contribution in [0.1, 0.15) is 48.0 Å². The van der Waals surface area contributed by atoms with Gasteiger partial charge in [0.15, 0.2) is 0 Å². The standard InChI is InChI=1S/C27H29N5O6S/c1-32(19-7-3-2-4-8-19)25-21(14-16-33)26(34)22(27(35)36)17-23(25)30-29-18-10-12-20(13-11-18)39(37,38)31-24-9-5-6-15-28-24/h5-6,9-13,15-17,19,34H,2-4,7-8,14H2,1H3,(H,28,31)(H,35,36). The van der Waals surface area contributed by atoms with Crippen LogP contribution in [0.5, 0.6) is 5.75 Å². The molecule has 1 aliphatic rings. The van der Waals surface area contributed by atoms with E-state index in [4.69, 9.17) is 0 Å². The Labute approximate surface area is 226 Å². The van der Waals surface area contributed by atoms with E-state index < -0.39 is 21.7 Å². The topological polar surface area (TPSA) is 162 Å². The van der Waals surface area contributed by atoms with Crippen molar-refractivity contribution >= 4 is 45.2 Å². The maximum atomic E-state index is 12.7. The SMILES string of the molecule is CN(c1c(N=Nc2ccc(S(=O)(=O)Nc3ccccn3)cc2)cc(C(=O)O)c(O)c1CC=O)C1CCCCC1. The average molecular weight is 552 g/mol. The van der Waals surface area contributed by atoms with Gasteiger partial charge in [-0.1, -0.05) is 25.3 Å². The predicted molar refractivity (Wildman–Crippen MR) is 146 cm³/mol. The highest BCUT2D eigenvalue weighted by molar-refractivity contribution is 7.92. The second-order valence-electron chi connectivity index (χ2n) is 9.21. The molecule has 0 atom stereocenters. The zero-order chi connectivity index (χ0) is 28.0. The number of nitrogens with zero attached hydrogens (tertiary/aromatic N) is 4. The fourth-order valence-electron chi connectivity index (χ4n) is 4.69. The fourth-order valence-corrected chi connectivity index (χ4v) is 5.69. The number of carboxylic acid groups (broad SMARTS) is 1. The molecule has 2 aromatic carbocycles. The quantitative estimate of drug-likeness (QED) is 0.228. The van der Waals surface area contributed by atoms with Gasteiger partial charge in [0.1, 0.15) is 29.1 Å². The third kappa shape index (κ3) is 6.40. The highest BCUT2D eigenvalue weighted by Crippen LogP contribution is 2.43. The van der Waals surface area contributed by atoms with Crippen LogP contribution in [0.25, 0.3) is 0 Å². The van der Waals surface area contributed by atoms with Gasteiger partial charge < -0.3 is 19.9 Å². The highest BCUT2D eigenvalue weighted by atomic mass is 32.2. The van der Waals surface area contributed by atoms with E-state index in [1.165, 1.54) is 42.6 Å². The molecule has 1 saturated carbocycles. The van der Waals surface area contributed by atoms with Crippen LogP contribution in [0, 0.1) is 0 Å². The molecule has 0 bridgehead atoms. The summed E-state index contributed by atoms with van der Waals surface area (Å²) in [6, 6.07) is 11.9. The molecule has 1 fully saturated rings. The Hall–Kier alpha value is -4.32. The van der Waals surface area contributed by atoms with Gasteiger partial charge in [0.25, 0.3) is 10.0 Å². The van der Waals surface area contributed by atoms with E-state index in [0.29, 0.717) is 17.7 Å². The number of azo groups is 1. The van der Waals surface area contributed by atoms with Gasteiger partial charge in [-0.2, -0.15) is 5.11 Å². The Kier molecular flexibility index (Phi) is 8.55. The van der Waals surface area contributed by atoms with Crippen molar-refractivity contribution in [2.75, 3.05) is 16.7 Å². The Bertz CT molecular complexity index is 1470. The summed E-state index contributed by atoms with van der Waals surface area (Å²) in [5, 5.41) is 28.9. The van der Waals surface area contributed by atoms with E-state index in [2.05, 4.69) is 19.9 Å². The minimum Gasteiger partial charge on any atom is -0.507 e. The first-order valence-electron chi connectivity index (χ1n) is 12.5. The van der Waals surface area contributed by atoms with Gasteiger partial charge in [-0.3, -0.25) is 4.72 Å². The van der Waals surface area contributed by atoms with Crippen LogP contribution in [0.2, 0.25) is 0 Å². The maximum Gasteiger partial charge on any atom is 0.339 e. The molecule has 0 unspecified atom stereocenters. The van der Waals surface area contributed by atoms with E-state index in [9.17, 15) is 28.2 Å². The van der Waals surface area contributed by atoms with Crippen molar-refractivity contribution in [1.29, 1.82) is 0 Å². The van der Waals surface area contributed by atoms with Gasteiger partial charge in [0.2, 0.25) is 0 Å². The number of aromatic hydroxyl groups is 1. The lowest BCUT2D eigenvalue weighted by atomic mass is 9.92. The summed E-state index contributed by atoms with van der Waals surface area (Å²) < 4.78 is 27.7. The minimum atomic E-state index is -3.88. The molecular formula is C27H29N5O6S. The molecule has 11 nitrogen and oxygen atoms in total. The zero-order valence-electron chi connectivity index (χ0n) is 21.3. The second kappa shape index (κ2) is 12.0. The molecule has 12 heteroatoms. The summed E-state index contributed by atoms with van der Waals surface area (Å²) in [6.07, 6.45) is 6.92. The van der Waals surface area contributed by atoms with Crippen LogP contribution in [0.4, 0.5) is 22.9 Å². The van der Waals surface area contributed by atoms with E-state index >= 15 is 0 Å². The van der Waals surface area contributed by atoms with Gasteiger partial charge in [-0.05, 0) is 55.3 Å². The minimum absolute atomic E-state index is 0.00381. The number of benzene rings is 2. The van der Waals surface area contributed by atoms with Crippen molar-refractivity contribution in [2.45, 2.75) is 49.5 Å². The smallest absolute Gasteiger partial charge is 0.339 e. The monoisotopic (exact) mass is 551 g/mol. The number of phenols is 1. The molecule has 39 heavy (non-hydrogen) atoms. The predicted octanol–water partition coefficient (Wildman–Crippen LogP) is 5.21. The summed E-state index contributed by atoms with van der Waals surface area (Å²) in [4.78, 5) is 29.2. The van der Waals surface area contributed by atoms with Crippen LogP contribution in [-0.4, -0.2) is 49.0 Å². The maximum absolute atomic E-state index is 12.7. The third-order valence-corrected chi connectivity index (χ3v) is 8.04. The molecule has 4 rings (SSSR count). The van der Waals surface area contributed by atoms with Crippen LogP contribution >= 0.6 is 0 Å². The van der Waals surface area contributed by atoms with Crippen LogP contribution < -0.4 is 9.62 Å². The number of hydrogen-bond acceptors (Lipinski definition) is 9. The first-order valence-corrected chi connectivity index (χ1v) is 13.9. The number of anilines is 2.